The zero-order valence-electron chi connectivity index (χ0n) is 18.3. The van der Waals surface area contributed by atoms with Gasteiger partial charge >= 0.3 is 5.97 Å². The molecule has 0 spiro atoms. The largest absolute Gasteiger partial charge is 0.478 e. The number of aromatic carboxylic acids is 1. The van der Waals surface area contributed by atoms with E-state index in [1.54, 1.807) is 12.3 Å². The molecule has 0 radical (unpaired) electrons. The number of nitrogens with zero attached hydrogens (tertiary/aromatic N) is 2. The van der Waals surface area contributed by atoms with Crippen LogP contribution in [0, 0.1) is 0 Å². The first-order valence-corrected chi connectivity index (χ1v) is 12.3. The molecule has 0 bridgehead atoms. The number of imidazole rings is 1. The number of hydrogen-bond donors (Lipinski definition) is 3. The first-order chi connectivity index (χ1) is 16.0. The molecule has 3 rings (SSSR count). The number of aromatic nitrogens is 2. The Balaban J connectivity index is 1.44. The normalized spacial score (nSPS) is 11.8. The van der Waals surface area contributed by atoms with Gasteiger partial charge in [0.1, 0.15) is 5.82 Å². The van der Waals surface area contributed by atoms with Crippen LogP contribution in [-0.4, -0.2) is 38.3 Å². The topological polar surface area (TPSA) is 84.2 Å². The Labute approximate surface area is 208 Å². The van der Waals surface area contributed by atoms with Gasteiger partial charge in [-0.05, 0) is 58.5 Å². The minimum Gasteiger partial charge on any atom is -0.478 e. The Bertz CT molecular complexity index is 1070. The standard InChI is InChI=1S/C25H28BrN3O3S/c26-22-15-19(10-11-21(22)25(31)32)16-29-13-12-27-23(29)8-4-5-9-24(30)28-20(17-33)14-18-6-2-1-3-7-18/h1-3,6-7,10-13,15,20,33H,4-5,8-9,14,16-17H2,(H,28,30)(H,31,32). The van der Waals surface area contributed by atoms with Crippen molar-refractivity contribution in [2.75, 3.05) is 5.75 Å². The molecular formula is C25H28BrN3O3S. The molecule has 1 heterocycles. The highest BCUT2D eigenvalue weighted by molar-refractivity contribution is 9.10. The number of hydrogen-bond acceptors (Lipinski definition) is 4. The van der Waals surface area contributed by atoms with Crippen molar-refractivity contribution in [3.63, 3.8) is 0 Å². The quantitative estimate of drug-likeness (QED) is 0.233. The van der Waals surface area contributed by atoms with Gasteiger partial charge in [-0.1, -0.05) is 36.4 Å². The van der Waals surface area contributed by atoms with E-state index in [4.69, 9.17) is 5.11 Å². The summed E-state index contributed by atoms with van der Waals surface area (Å²) in [6.07, 6.45) is 7.35. The van der Waals surface area contributed by atoms with E-state index in [9.17, 15) is 9.59 Å². The first kappa shape index (κ1) is 25.1. The number of carboxylic acids is 1. The van der Waals surface area contributed by atoms with Gasteiger partial charge in [0.05, 0.1) is 5.56 Å². The van der Waals surface area contributed by atoms with Gasteiger partial charge in [0.15, 0.2) is 0 Å². The Morgan fingerprint density at radius 2 is 1.91 bits per heavy atom. The summed E-state index contributed by atoms with van der Waals surface area (Å²) in [6, 6.07) is 15.4. The molecule has 6 nitrogen and oxygen atoms in total. The highest BCUT2D eigenvalue weighted by Gasteiger charge is 2.13. The number of thiol groups is 1. The third-order valence-electron chi connectivity index (χ3n) is 5.38. The summed E-state index contributed by atoms with van der Waals surface area (Å²) in [4.78, 5) is 28.0. The number of carbonyl (C=O) groups is 2. The predicted molar refractivity (Wildman–Crippen MR) is 136 cm³/mol. The van der Waals surface area contributed by atoms with Crippen LogP contribution in [0.4, 0.5) is 0 Å². The monoisotopic (exact) mass is 529 g/mol. The maximum absolute atomic E-state index is 12.4. The van der Waals surface area contributed by atoms with Crippen molar-refractivity contribution in [3.05, 3.63) is 87.9 Å². The lowest BCUT2D eigenvalue weighted by Gasteiger charge is -2.16. The zero-order valence-corrected chi connectivity index (χ0v) is 20.8. The van der Waals surface area contributed by atoms with Crippen molar-refractivity contribution in [2.45, 2.75) is 44.7 Å². The molecule has 0 aliphatic rings. The van der Waals surface area contributed by atoms with Crippen LogP contribution in [0.15, 0.2) is 65.4 Å². The lowest BCUT2D eigenvalue weighted by Crippen LogP contribution is -2.37. The third-order valence-corrected chi connectivity index (χ3v) is 6.48. The Kier molecular flexibility index (Phi) is 9.57. The van der Waals surface area contributed by atoms with E-state index in [1.807, 2.05) is 36.5 Å². The summed E-state index contributed by atoms with van der Waals surface area (Å²) in [6.45, 7) is 0.609. The molecule has 0 fully saturated rings. The van der Waals surface area contributed by atoms with Crippen molar-refractivity contribution in [1.82, 2.24) is 14.9 Å². The molecule has 1 amide bonds. The lowest BCUT2D eigenvalue weighted by atomic mass is 10.1. The molecule has 2 N–H and O–H groups in total. The van der Waals surface area contributed by atoms with Crippen molar-refractivity contribution in [1.29, 1.82) is 0 Å². The van der Waals surface area contributed by atoms with Gasteiger partial charge in [0, 0.05) is 48.0 Å². The first-order valence-electron chi connectivity index (χ1n) is 10.9. The Hall–Kier alpha value is -2.58. The number of halogens is 1. The van der Waals surface area contributed by atoms with Gasteiger partial charge in [-0.3, -0.25) is 4.79 Å². The second kappa shape index (κ2) is 12.6. The number of rotatable bonds is 12. The van der Waals surface area contributed by atoms with Gasteiger partial charge < -0.3 is 15.0 Å². The molecule has 0 aliphatic carbocycles. The van der Waals surface area contributed by atoms with Crippen LogP contribution in [0.1, 0.15) is 46.6 Å². The van der Waals surface area contributed by atoms with Crippen molar-refractivity contribution in [3.8, 4) is 0 Å². The maximum Gasteiger partial charge on any atom is 0.336 e. The van der Waals surface area contributed by atoms with E-state index >= 15 is 0 Å². The van der Waals surface area contributed by atoms with Gasteiger partial charge in [-0.25, -0.2) is 9.78 Å². The molecule has 174 valence electrons. The zero-order chi connectivity index (χ0) is 23.6. The highest BCUT2D eigenvalue weighted by atomic mass is 79.9. The average Bonchev–Trinajstić information content (AvgIpc) is 3.23. The Morgan fingerprint density at radius 3 is 2.61 bits per heavy atom. The minimum atomic E-state index is -0.957. The molecule has 1 unspecified atom stereocenters. The molecule has 1 atom stereocenters. The molecule has 33 heavy (non-hydrogen) atoms. The number of aryl methyl sites for hydroxylation is 1. The van der Waals surface area contributed by atoms with Crippen LogP contribution in [0.2, 0.25) is 0 Å². The van der Waals surface area contributed by atoms with Gasteiger partial charge in [0.2, 0.25) is 5.91 Å². The maximum atomic E-state index is 12.4. The third kappa shape index (κ3) is 7.75. The number of benzene rings is 2. The number of carbonyl (C=O) groups excluding carboxylic acids is 1. The molecular weight excluding hydrogens is 502 g/mol. The van der Waals surface area contributed by atoms with Gasteiger partial charge in [-0.15, -0.1) is 0 Å². The highest BCUT2D eigenvalue weighted by Crippen LogP contribution is 2.20. The van der Waals surface area contributed by atoms with E-state index in [2.05, 4.69) is 55.6 Å². The van der Waals surface area contributed by atoms with Gasteiger partial charge in [-0.2, -0.15) is 12.6 Å². The number of carboxylic acid groups (broad SMARTS) is 1. The number of amides is 1. The molecule has 3 aromatic rings. The van der Waals surface area contributed by atoms with E-state index in [-0.39, 0.29) is 17.5 Å². The number of unbranched alkanes of at least 4 members (excludes halogenated alkanes) is 1. The van der Waals surface area contributed by atoms with Crippen LogP contribution in [0.3, 0.4) is 0 Å². The summed E-state index contributed by atoms with van der Waals surface area (Å²) < 4.78 is 2.62. The summed E-state index contributed by atoms with van der Waals surface area (Å²) in [5, 5.41) is 12.3. The van der Waals surface area contributed by atoms with Crippen molar-refractivity contribution >= 4 is 40.4 Å². The van der Waals surface area contributed by atoms with Crippen LogP contribution >= 0.6 is 28.6 Å². The second-order valence-electron chi connectivity index (χ2n) is 7.93. The summed E-state index contributed by atoms with van der Waals surface area (Å²) in [5.74, 6) is 0.645. The van der Waals surface area contributed by atoms with Crippen LogP contribution in [0.5, 0.6) is 0 Å². The van der Waals surface area contributed by atoms with Crippen LogP contribution in [-0.2, 0) is 24.2 Å². The van der Waals surface area contributed by atoms with Crippen LogP contribution < -0.4 is 5.32 Å². The molecule has 0 aliphatic heterocycles. The smallest absolute Gasteiger partial charge is 0.336 e. The van der Waals surface area contributed by atoms with Crippen LogP contribution in [0.25, 0.3) is 0 Å². The van der Waals surface area contributed by atoms with E-state index in [0.29, 0.717) is 23.2 Å². The molecule has 0 saturated carbocycles. The minimum absolute atomic E-state index is 0.0222. The molecule has 2 aromatic carbocycles. The Morgan fingerprint density at radius 1 is 1.12 bits per heavy atom. The molecule has 1 aromatic heterocycles. The summed E-state index contributed by atoms with van der Waals surface area (Å²) >= 11 is 7.71. The van der Waals surface area contributed by atoms with E-state index in [1.165, 1.54) is 5.56 Å². The fraction of sp³-hybridized carbons (Fsp3) is 0.320. The molecule has 8 heteroatoms. The lowest BCUT2D eigenvalue weighted by molar-refractivity contribution is -0.121. The number of nitrogens with one attached hydrogen (secondary N) is 1. The average molecular weight is 530 g/mol. The predicted octanol–water partition coefficient (Wildman–Crippen LogP) is 4.76. The second-order valence-corrected chi connectivity index (χ2v) is 9.15. The van der Waals surface area contributed by atoms with Crippen molar-refractivity contribution < 1.29 is 14.7 Å². The summed E-state index contributed by atoms with van der Waals surface area (Å²) in [7, 11) is 0. The fourth-order valence-corrected chi connectivity index (χ4v) is 4.48. The fourth-order valence-electron chi connectivity index (χ4n) is 3.67. The SMILES string of the molecule is O=C(CCCCc1nccn1Cc1ccc(C(=O)O)c(Br)c1)NC(CS)Cc1ccccc1. The van der Waals surface area contributed by atoms with E-state index in [0.717, 1.165) is 37.1 Å². The summed E-state index contributed by atoms with van der Waals surface area (Å²) in [5.41, 5.74) is 2.42. The van der Waals surface area contributed by atoms with Gasteiger partial charge in [0.25, 0.3) is 0 Å². The van der Waals surface area contributed by atoms with Crippen molar-refractivity contribution in [2.24, 2.45) is 0 Å². The van der Waals surface area contributed by atoms with E-state index < -0.39 is 5.97 Å². The molecule has 0 saturated heterocycles.